The minimum Gasteiger partial charge on any atom is -0.382 e. The summed E-state index contributed by atoms with van der Waals surface area (Å²) in [6.07, 6.45) is 6.61. The van der Waals surface area contributed by atoms with Crippen LogP contribution in [0.3, 0.4) is 0 Å². The summed E-state index contributed by atoms with van der Waals surface area (Å²) >= 11 is 0. The van der Waals surface area contributed by atoms with E-state index in [4.69, 9.17) is 9.47 Å². The monoisotopic (exact) mass is 299 g/mol. The van der Waals surface area contributed by atoms with E-state index in [1.165, 1.54) is 38.6 Å². The van der Waals surface area contributed by atoms with Gasteiger partial charge in [0.05, 0.1) is 13.2 Å². The maximum absolute atomic E-state index is 5.61. The van der Waals surface area contributed by atoms with Gasteiger partial charge in [0.25, 0.3) is 0 Å². The molecule has 0 aromatic carbocycles. The third kappa shape index (κ3) is 8.18. The van der Waals surface area contributed by atoms with Gasteiger partial charge in [0.15, 0.2) is 0 Å². The molecular weight excluding hydrogens is 262 g/mol. The Hall–Kier alpha value is -0.120. The number of nitrogens with one attached hydrogen (secondary N) is 1. The summed E-state index contributed by atoms with van der Waals surface area (Å²) in [6.45, 7) is 12.8. The normalized spacial score (nSPS) is 25.4. The molecule has 0 radical (unpaired) electrons. The summed E-state index contributed by atoms with van der Waals surface area (Å²) < 4.78 is 10.6. The van der Waals surface area contributed by atoms with E-state index in [1.807, 2.05) is 0 Å². The van der Waals surface area contributed by atoms with Crippen molar-refractivity contribution < 1.29 is 9.47 Å². The Kier molecular flexibility index (Phi) is 8.84. The van der Waals surface area contributed by atoms with Crippen molar-refractivity contribution >= 4 is 0 Å². The molecule has 3 nitrogen and oxygen atoms in total. The highest BCUT2D eigenvalue weighted by molar-refractivity contribution is 4.86. The molecule has 0 spiro atoms. The minimum atomic E-state index is 0.524. The SMILES string of the molecule is COCCOCCCC1CC(C)(C)CCC1CNC(C)C. The van der Waals surface area contributed by atoms with Gasteiger partial charge >= 0.3 is 0 Å². The van der Waals surface area contributed by atoms with Gasteiger partial charge in [-0.25, -0.2) is 0 Å². The van der Waals surface area contributed by atoms with Gasteiger partial charge in [-0.3, -0.25) is 0 Å². The molecule has 1 saturated carbocycles. The Morgan fingerprint density at radius 2 is 1.90 bits per heavy atom. The van der Waals surface area contributed by atoms with E-state index in [9.17, 15) is 0 Å². The Morgan fingerprint density at radius 1 is 1.14 bits per heavy atom. The first-order valence-corrected chi connectivity index (χ1v) is 8.74. The van der Waals surface area contributed by atoms with Crippen LogP contribution >= 0.6 is 0 Å². The smallest absolute Gasteiger partial charge is 0.0700 e. The molecule has 0 heterocycles. The molecule has 0 amide bonds. The van der Waals surface area contributed by atoms with Gasteiger partial charge in [-0.15, -0.1) is 0 Å². The van der Waals surface area contributed by atoms with Crippen LogP contribution in [0, 0.1) is 17.3 Å². The summed E-state index contributed by atoms with van der Waals surface area (Å²) in [5, 5.41) is 3.64. The number of methoxy groups -OCH3 is 1. The highest BCUT2D eigenvalue weighted by atomic mass is 16.5. The van der Waals surface area contributed by atoms with E-state index in [-0.39, 0.29) is 0 Å². The zero-order valence-electron chi connectivity index (χ0n) is 14.9. The second kappa shape index (κ2) is 9.81. The van der Waals surface area contributed by atoms with Crippen LogP contribution in [0.2, 0.25) is 0 Å². The molecule has 0 aromatic rings. The fourth-order valence-corrected chi connectivity index (χ4v) is 3.48. The third-order valence-electron chi connectivity index (χ3n) is 4.76. The molecule has 21 heavy (non-hydrogen) atoms. The Labute approximate surface area is 132 Å². The standard InChI is InChI=1S/C18H37NO2/c1-15(2)19-14-17-8-9-18(3,4)13-16(17)7-6-10-21-12-11-20-5/h15-17,19H,6-14H2,1-5H3. The van der Waals surface area contributed by atoms with E-state index < -0.39 is 0 Å². The van der Waals surface area contributed by atoms with Gasteiger partial charge in [-0.05, 0) is 55.9 Å². The van der Waals surface area contributed by atoms with Crippen molar-refractivity contribution in [3.05, 3.63) is 0 Å². The lowest BCUT2D eigenvalue weighted by Crippen LogP contribution is -2.38. The molecule has 0 aliphatic heterocycles. The van der Waals surface area contributed by atoms with Gasteiger partial charge < -0.3 is 14.8 Å². The Balaban J connectivity index is 2.32. The van der Waals surface area contributed by atoms with Crippen molar-refractivity contribution in [2.24, 2.45) is 17.3 Å². The van der Waals surface area contributed by atoms with Crippen molar-refractivity contribution in [3.63, 3.8) is 0 Å². The maximum atomic E-state index is 5.61. The minimum absolute atomic E-state index is 0.524. The zero-order chi connectivity index (χ0) is 15.7. The maximum Gasteiger partial charge on any atom is 0.0700 e. The molecule has 1 rings (SSSR count). The molecule has 1 aliphatic rings. The highest BCUT2D eigenvalue weighted by Crippen LogP contribution is 2.43. The lowest BCUT2D eigenvalue weighted by Gasteiger charge is -2.41. The van der Waals surface area contributed by atoms with Gasteiger partial charge in [-0.1, -0.05) is 27.7 Å². The molecule has 126 valence electrons. The first-order chi connectivity index (χ1) is 9.94. The fourth-order valence-electron chi connectivity index (χ4n) is 3.48. The highest BCUT2D eigenvalue weighted by Gasteiger charge is 2.34. The van der Waals surface area contributed by atoms with Crippen LogP contribution in [0.4, 0.5) is 0 Å². The molecular formula is C18H37NO2. The van der Waals surface area contributed by atoms with Crippen LogP contribution < -0.4 is 5.32 Å². The van der Waals surface area contributed by atoms with Crippen molar-refractivity contribution in [2.45, 2.75) is 65.8 Å². The molecule has 1 aliphatic carbocycles. The quantitative estimate of drug-likeness (QED) is 0.621. The molecule has 0 saturated heterocycles. The lowest BCUT2D eigenvalue weighted by molar-refractivity contribution is 0.0579. The van der Waals surface area contributed by atoms with E-state index >= 15 is 0 Å². The van der Waals surface area contributed by atoms with Crippen LogP contribution in [0.15, 0.2) is 0 Å². The van der Waals surface area contributed by atoms with Crippen molar-refractivity contribution in [1.82, 2.24) is 5.32 Å². The van der Waals surface area contributed by atoms with Crippen molar-refractivity contribution in [2.75, 3.05) is 33.5 Å². The van der Waals surface area contributed by atoms with Crippen LogP contribution in [-0.2, 0) is 9.47 Å². The van der Waals surface area contributed by atoms with E-state index in [0.29, 0.717) is 18.1 Å². The summed E-state index contributed by atoms with van der Waals surface area (Å²) in [4.78, 5) is 0. The summed E-state index contributed by atoms with van der Waals surface area (Å²) in [5.41, 5.74) is 0.524. The first-order valence-electron chi connectivity index (χ1n) is 8.74. The van der Waals surface area contributed by atoms with Crippen molar-refractivity contribution in [3.8, 4) is 0 Å². The van der Waals surface area contributed by atoms with Gasteiger partial charge in [0.2, 0.25) is 0 Å². The zero-order valence-corrected chi connectivity index (χ0v) is 14.9. The largest absolute Gasteiger partial charge is 0.382 e. The van der Waals surface area contributed by atoms with Crippen LogP contribution in [-0.4, -0.2) is 39.5 Å². The molecule has 1 fully saturated rings. The number of ether oxygens (including phenoxy) is 2. The summed E-state index contributed by atoms with van der Waals surface area (Å²) in [7, 11) is 1.72. The topological polar surface area (TPSA) is 30.5 Å². The van der Waals surface area contributed by atoms with E-state index in [2.05, 4.69) is 33.0 Å². The second-order valence-corrected chi connectivity index (χ2v) is 7.74. The summed E-state index contributed by atoms with van der Waals surface area (Å²) in [6, 6.07) is 0.595. The predicted molar refractivity (Wildman–Crippen MR) is 89.7 cm³/mol. The average molecular weight is 299 g/mol. The molecule has 0 aromatic heterocycles. The Morgan fingerprint density at radius 3 is 2.57 bits per heavy atom. The van der Waals surface area contributed by atoms with Gasteiger partial charge in [0.1, 0.15) is 0 Å². The van der Waals surface area contributed by atoms with Crippen molar-refractivity contribution in [1.29, 1.82) is 0 Å². The molecule has 2 unspecified atom stereocenters. The fraction of sp³-hybridized carbons (Fsp3) is 1.00. The molecule has 0 bridgehead atoms. The number of hydrogen-bond donors (Lipinski definition) is 1. The third-order valence-corrected chi connectivity index (χ3v) is 4.76. The van der Waals surface area contributed by atoms with Gasteiger partial charge in [-0.2, -0.15) is 0 Å². The molecule has 3 heteroatoms. The van der Waals surface area contributed by atoms with E-state index in [1.54, 1.807) is 7.11 Å². The Bertz CT molecular complexity index is 264. The van der Waals surface area contributed by atoms with E-state index in [0.717, 1.165) is 25.0 Å². The van der Waals surface area contributed by atoms with Crippen LogP contribution in [0.25, 0.3) is 0 Å². The molecule has 1 N–H and O–H groups in total. The molecule has 2 atom stereocenters. The van der Waals surface area contributed by atoms with Crippen LogP contribution in [0.1, 0.15) is 59.8 Å². The average Bonchev–Trinajstić information content (AvgIpc) is 2.41. The second-order valence-electron chi connectivity index (χ2n) is 7.74. The summed E-state index contributed by atoms with van der Waals surface area (Å²) in [5.74, 6) is 1.70. The lowest BCUT2D eigenvalue weighted by atomic mass is 9.66. The number of rotatable bonds is 10. The first kappa shape index (κ1) is 18.9. The predicted octanol–water partition coefficient (Wildman–Crippen LogP) is 3.87. The number of hydrogen-bond acceptors (Lipinski definition) is 3. The van der Waals surface area contributed by atoms with Gasteiger partial charge in [0, 0.05) is 19.8 Å². The van der Waals surface area contributed by atoms with Crippen LogP contribution in [0.5, 0.6) is 0 Å².